The molecular weight excluding hydrogens is 380 g/mol. The fourth-order valence-corrected chi connectivity index (χ4v) is 4.64. The summed E-state index contributed by atoms with van der Waals surface area (Å²) < 4.78 is 13.2. The standard InChI is InChI=1S/C23H34N4O3/c1-15-22-19(17(14-26(22)3)6-5-10-29-4)12-20(25-15)16(2)27(18-7-8-18)23(28)21-13-24-9-11-30-21/h12,14,16,18,21,24H,5-11,13H2,1-4H3/t16-,21-/m1/s1. The Morgan fingerprint density at radius 3 is 2.93 bits per heavy atom. The minimum atomic E-state index is -0.395. The molecule has 2 aromatic rings. The second-order valence-corrected chi connectivity index (χ2v) is 8.61. The van der Waals surface area contributed by atoms with E-state index in [-0.39, 0.29) is 11.9 Å². The van der Waals surface area contributed by atoms with Crippen LogP contribution in [-0.2, 0) is 27.7 Å². The van der Waals surface area contributed by atoms with Crippen LogP contribution in [0.1, 0.15) is 49.2 Å². The van der Waals surface area contributed by atoms with Crippen molar-refractivity contribution in [1.82, 2.24) is 19.8 Å². The van der Waals surface area contributed by atoms with Gasteiger partial charge < -0.3 is 24.3 Å². The molecular formula is C23H34N4O3. The Hall–Kier alpha value is -1.96. The second-order valence-electron chi connectivity index (χ2n) is 8.61. The third-order valence-corrected chi connectivity index (χ3v) is 6.27. The molecule has 2 aromatic heterocycles. The summed E-state index contributed by atoms with van der Waals surface area (Å²) >= 11 is 0. The van der Waals surface area contributed by atoms with Gasteiger partial charge in [-0.15, -0.1) is 0 Å². The number of methoxy groups -OCH3 is 1. The maximum atomic E-state index is 13.3. The zero-order chi connectivity index (χ0) is 21.3. The average Bonchev–Trinajstić information content (AvgIpc) is 3.52. The van der Waals surface area contributed by atoms with Gasteiger partial charge in [0.1, 0.15) is 6.10 Å². The number of fused-ring (bicyclic) bond motifs is 1. The van der Waals surface area contributed by atoms with Crippen molar-refractivity contribution in [3.05, 3.63) is 29.2 Å². The van der Waals surface area contributed by atoms with Crippen molar-refractivity contribution in [2.24, 2.45) is 7.05 Å². The highest BCUT2D eigenvalue weighted by Gasteiger charge is 2.40. The van der Waals surface area contributed by atoms with Crippen LogP contribution in [0.3, 0.4) is 0 Å². The Morgan fingerprint density at radius 2 is 2.27 bits per heavy atom. The number of amides is 1. The van der Waals surface area contributed by atoms with E-state index in [9.17, 15) is 4.79 Å². The van der Waals surface area contributed by atoms with Crippen LogP contribution < -0.4 is 5.32 Å². The predicted octanol–water partition coefficient (Wildman–Crippen LogP) is 2.50. The molecule has 1 aliphatic heterocycles. The van der Waals surface area contributed by atoms with Crippen LogP contribution in [0.25, 0.3) is 10.9 Å². The van der Waals surface area contributed by atoms with Crippen LogP contribution in [0.5, 0.6) is 0 Å². The Labute approximate surface area is 178 Å². The molecule has 7 heteroatoms. The van der Waals surface area contributed by atoms with E-state index in [2.05, 4.69) is 43.0 Å². The molecule has 0 aromatic carbocycles. The fourth-order valence-electron chi connectivity index (χ4n) is 4.64. The number of ether oxygens (including phenoxy) is 2. The number of aromatic nitrogens is 2. The first-order chi connectivity index (χ1) is 14.5. The molecule has 1 saturated heterocycles. The van der Waals surface area contributed by atoms with E-state index < -0.39 is 6.10 Å². The maximum Gasteiger partial charge on any atom is 0.253 e. The van der Waals surface area contributed by atoms with E-state index in [1.807, 2.05) is 4.90 Å². The number of carbonyl (C=O) groups excluding carboxylic acids is 1. The summed E-state index contributed by atoms with van der Waals surface area (Å²) in [5, 5.41) is 4.51. The predicted molar refractivity (Wildman–Crippen MR) is 117 cm³/mol. The lowest BCUT2D eigenvalue weighted by Gasteiger charge is -2.34. The van der Waals surface area contributed by atoms with Gasteiger partial charge >= 0.3 is 0 Å². The van der Waals surface area contributed by atoms with Crippen molar-refractivity contribution in [1.29, 1.82) is 0 Å². The van der Waals surface area contributed by atoms with Gasteiger partial charge in [0, 0.05) is 51.5 Å². The molecule has 0 unspecified atom stereocenters. The lowest BCUT2D eigenvalue weighted by atomic mass is 10.0. The van der Waals surface area contributed by atoms with Gasteiger partial charge in [-0.2, -0.15) is 0 Å². The SMILES string of the molecule is COCCCc1cn(C)c2c(C)nc([C@@H](C)N(C(=O)[C@H]3CNCCO3)C3CC3)cc12. The molecule has 0 spiro atoms. The zero-order valence-corrected chi connectivity index (χ0v) is 18.6. The van der Waals surface area contributed by atoms with E-state index in [4.69, 9.17) is 14.5 Å². The van der Waals surface area contributed by atoms with E-state index in [1.165, 1.54) is 16.5 Å². The molecule has 2 aliphatic rings. The number of hydrogen-bond acceptors (Lipinski definition) is 5. The summed E-state index contributed by atoms with van der Waals surface area (Å²) in [6, 6.07) is 2.41. The number of morpholine rings is 1. The quantitative estimate of drug-likeness (QED) is 0.672. The van der Waals surface area contributed by atoms with Gasteiger partial charge in [0.25, 0.3) is 5.91 Å². The summed E-state index contributed by atoms with van der Waals surface area (Å²) in [6.45, 7) is 6.90. The molecule has 30 heavy (non-hydrogen) atoms. The van der Waals surface area contributed by atoms with Gasteiger partial charge in [-0.25, -0.2) is 0 Å². The number of nitrogens with zero attached hydrogens (tertiary/aromatic N) is 3. The normalized spacial score (nSPS) is 20.5. The van der Waals surface area contributed by atoms with Crippen molar-refractivity contribution >= 4 is 16.8 Å². The first-order valence-corrected chi connectivity index (χ1v) is 11.1. The Balaban J connectivity index is 1.64. The number of pyridine rings is 1. The van der Waals surface area contributed by atoms with Crippen molar-refractivity contribution in [2.75, 3.05) is 33.4 Å². The molecule has 1 aliphatic carbocycles. The smallest absolute Gasteiger partial charge is 0.253 e. The first kappa shape index (κ1) is 21.3. The minimum Gasteiger partial charge on any atom is -0.385 e. The molecule has 0 radical (unpaired) electrons. The largest absolute Gasteiger partial charge is 0.385 e. The minimum absolute atomic E-state index is 0.0781. The highest BCUT2D eigenvalue weighted by molar-refractivity contribution is 5.86. The number of rotatable bonds is 8. The van der Waals surface area contributed by atoms with Gasteiger partial charge in [-0.1, -0.05) is 0 Å². The monoisotopic (exact) mass is 414 g/mol. The van der Waals surface area contributed by atoms with Crippen LogP contribution >= 0.6 is 0 Å². The number of aryl methyl sites for hydroxylation is 3. The van der Waals surface area contributed by atoms with E-state index in [0.29, 0.717) is 19.2 Å². The molecule has 1 saturated carbocycles. The topological polar surface area (TPSA) is 68.6 Å². The van der Waals surface area contributed by atoms with Gasteiger partial charge in [0.15, 0.2) is 0 Å². The third-order valence-electron chi connectivity index (χ3n) is 6.27. The van der Waals surface area contributed by atoms with E-state index in [1.54, 1.807) is 7.11 Å². The summed E-state index contributed by atoms with van der Waals surface area (Å²) in [7, 11) is 3.82. The van der Waals surface area contributed by atoms with Crippen LogP contribution in [0.4, 0.5) is 0 Å². The second kappa shape index (κ2) is 9.04. The zero-order valence-electron chi connectivity index (χ0n) is 18.6. The summed E-state index contributed by atoms with van der Waals surface area (Å²) in [6.07, 6.45) is 5.88. The van der Waals surface area contributed by atoms with Crippen molar-refractivity contribution in [2.45, 2.75) is 57.7 Å². The van der Waals surface area contributed by atoms with Crippen LogP contribution in [0.2, 0.25) is 0 Å². The van der Waals surface area contributed by atoms with Gasteiger partial charge in [-0.3, -0.25) is 9.78 Å². The van der Waals surface area contributed by atoms with Gasteiger partial charge in [0.2, 0.25) is 0 Å². The molecule has 2 fully saturated rings. The number of nitrogens with one attached hydrogen (secondary N) is 1. The molecule has 164 valence electrons. The average molecular weight is 415 g/mol. The summed E-state index contributed by atoms with van der Waals surface area (Å²) in [5.41, 5.74) is 4.45. The Bertz CT molecular complexity index is 899. The maximum absolute atomic E-state index is 13.3. The first-order valence-electron chi connectivity index (χ1n) is 11.1. The lowest BCUT2D eigenvalue weighted by Crippen LogP contribution is -2.50. The van der Waals surface area contributed by atoms with Crippen molar-refractivity contribution in [3.8, 4) is 0 Å². The van der Waals surface area contributed by atoms with Gasteiger partial charge in [0.05, 0.1) is 29.6 Å². The Morgan fingerprint density at radius 1 is 1.47 bits per heavy atom. The molecule has 0 bridgehead atoms. The van der Waals surface area contributed by atoms with Gasteiger partial charge in [-0.05, 0) is 51.2 Å². The highest BCUT2D eigenvalue weighted by atomic mass is 16.5. The Kier molecular flexibility index (Phi) is 6.41. The fraction of sp³-hybridized carbons (Fsp3) is 0.652. The van der Waals surface area contributed by atoms with Crippen LogP contribution in [0.15, 0.2) is 12.3 Å². The highest BCUT2D eigenvalue weighted by Crippen LogP contribution is 2.36. The van der Waals surface area contributed by atoms with Crippen molar-refractivity contribution in [3.63, 3.8) is 0 Å². The van der Waals surface area contributed by atoms with Crippen molar-refractivity contribution < 1.29 is 14.3 Å². The summed E-state index contributed by atoms with van der Waals surface area (Å²) in [4.78, 5) is 20.3. The van der Waals surface area contributed by atoms with E-state index in [0.717, 1.165) is 50.2 Å². The molecule has 7 nitrogen and oxygen atoms in total. The molecule has 3 heterocycles. The molecule has 4 rings (SSSR count). The summed E-state index contributed by atoms with van der Waals surface area (Å²) in [5.74, 6) is 0.0881. The molecule has 1 N–H and O–H groups in total. The molecule has 1 amide bonds. The third kappa shape index (κ3) is 4.24. The molecule has 2 atom stereocenters. The number of hydrogen-bond donors (Lipinski definition) is 1. The van der Waals surface area contributed by atoms with E-state index >= 15 is 0 Å². The van der Waals surface area contributed by atoms with Crippen LogP contribution in [0, 0.1) is 6.92 Å². The number of carbonyl (C=O) groups is 1. The lowest BCUT2D eigenvalue weighted by molar-refractivity contribution is -0.148. The van der Waals surface area contributed by atoms with Crippen LogP contribution in [-0.4, -0.2) is 65.9 Å².